The topological polar surface area (TPSA) is 102 Å². The van der Waals surface area contributed by atoms with E-state index in [2.05, 4.69) is 17.6 Å². The van der Waals surface area contributed by atoms with Crippen molar-refractivity contribution in [3.05, 3.63) is 46.1 Å². The molecular formula is C23H27FN2O5S2. The summed E-state index contributed by atoms with van der Waals surface area (Å²) in [6, 6.07) is 5.40. The molecule has 2 N–H and O–H groups in total. The number of amides is 2. The van der Waals surface area contributed by atoms with E-state index in [9.17, 15) is 22.4 Å². The van der Waals surface area contributed by atoms with Crippen molar-refractivity contribution in [3.8, 4) is 5.75 Å². The van der Waals surface area contributed by atoms with Gasteiger partial charge in [0.25, 0.3) is 11.8 Å². The van der Waals surface area contributed by atoms with Crippen LogP contribution < -0.4 is 15.4 Å². The lowest BCUT2D eigenvalue weighted by atomic mass is 9.88. The quantitative estimate of drug-likeness (QED) is 0.642. The first-order chi connectivity index (χ1) is 15.6. The molecule has 1 saturated heterocycles. The van der Waals surface area contributed by atoms with E-state index in [0.29, 0.717) is 22.9 Å². The number of carbonyl (C=O) groups excluding carboxylic acids is 2. The summed E-state index contributed by atoms with van der Waals surface area (Å²) in [5.74, 6) is -1.00. The summed E-state index contributed by atoms with van der Waals surface area (Å²) in [7, 11) is -3.14. The molecule has 0 spiro atoms. The Morgan fingerprint density at radius 3 is 2.70 bits per heavy atom. The Labute approximate surface area is 196 Å². The minimum absolute atomic E-state index is 0.0279. The van der Waals surface area contributed by atoms with Crippen molar-refractivity contribution in [2.24, 2.45) is 5.92 Å². The number of benzene rings is 1. The van der Waals surface area contributed by atoms with Gasteiger partial charge < -0.3 is 15.4 Å². The van der Waals surface area contributed by atoms with E-state index in [0.717, 1.165) is 29.7 Å². The first kappa shape index (κ1) is 23.7. The Balaban J connectivity index is 1.55. The number of anilines is 1. The molecule has 2 heterocycles. The van der Waals surface area contributed by atoms with Gasteiger partial charge in [-0.05, 0) is 56.2 Å². The molecule has 1 fully saturated rings. The number of carbonyl (C=O) groups is 2. The molecule has 0 saturated carbocycles. The van der Waals surface area contributed by atoms with Gasteiger partial charge in [-0.1, -0.05) is 19.1 Å². The highest BCUT2D eigenvalue weighted by molar-refractivity contribution is 7.91. The average molecular weight is 495 g/mol. The minimum Gasteiger partial charge on any atom is -0.478 e. The molecule has 1 aliphatic heterocycles. The van der Waals surface area contributed by atoms with Gasteiger partial charge in [0.05, 0.1) is 17.1 Å². The van der Waals surface area contributed by atoms with E-state index in [1.165, 1.54) is 36.5 Å². The van der Waals surface area contributed by atoms with E-state index >= 15 is 0 Å². The smallest absolute Gasteiger partial charge is 0.265 e. The van der Waals surface area contributed by atoms with Gasteiger partial charge in [0.2, 0.25) is 0 Å². The molecule has 1 aliphatic carbocycles. The van der Waals surface area contributed by atoms with Gasteiger partial charge in [0.1, 0.15) is 5.00 Å². The SMILES string of the molecule is C[C@@H]1CCc2c(sc(NC(=O)[C@@H](C)Oc3ccccc3F)c2C(=O)N[C@H]2CCS(=O)(=O)C2)C1. The van der Waals surface area contributed by atoms with Crippen LogP contribution in [0.1, 0.15) is 47.5 Å². The van der Waals surface area contributed by atoms with Crippen LogP contribution in [0.2, 0.25) is 0 Å². The van der Waals surface area contributed by atoms with Crippen LogP contribution >= 0.6 is 11.3 Å². The predicted molar refractivity (Wildman–Crippen MR) is 125 cm³/mol. The Bertz CT molecular complexity index is 1180. The van der Waals surface area contributed by atoms with Crippen LogP contribution in [0.25, 0.3) is 0 Å². The lowest BCUT2D eigenvalue weighted by Gasteiger charge is -2.19. The van der Waals surface area contributed by atoms with E-state index in [1.54, 1.807) is 6.07 Å². The van der Waals surface area contributed by atoms with Gasteiger partial charge in [-0.2, -0.15) is 0 Å². The molecule has 0 unspecified atom stereocenters. The number of sulfone groups is 1. The Morgan fingerprint density at radius 1 is 1.24 bits per heavy atom. The maximum Gasteiger partial charge on any atom is 0.265 e. The van der Waals surface area contributed by atoms with Gasteiger partial charge in [-0.3, -0.25) is 9.59 Å². The van der Waals surface area contributed by atoms with Crippen molar-refractivity contribution in [1.29, 1.82) is 0 Å². The molecule has 0 radical (unpaired) electrons. The molecule has 2 amide bonds. The number of fused-ring (bicyclic) bond motifs is 1. The van der Waals surface area contributed by atoms with E-state index < -0.39 is 33.7 Å². The number of para-hydroxylation sites is 1. The molecule has 10 heteroatoms. The number of thiophene rings is 1. The zero-order chi connectivity index (χ0) is 23.8. The normalized spacial score (nSPS) is 22.3. The summed E-state index contributed by atoms with van der Waals surface area (Å²) >= 11 is 1.37. The highest BCUT2D eigenvalue weighted by atomic mass is 32.2. The molecular weight excluding hydrogens is 467 g/mol. The summed E-state index contributed by atoms with van der Waals surface area (Å²) < 4.78 is 43.0. The molecule has 0 bridgehead atoms. The largest absolute Gasteiger partial charge is 0.478 e. The Hall–Kier alpha value is -2.46. The van der Waals surface area contributed by atoms with Crippen LogP contribution in [-0.4, -0.2) is 43.9 Å². The van der Waals surface area contributed by atoms with Gasteiger partial charge >= 0.3 is 0 Å². The fourth-order valence-corrected chi connectivity index (χ4v) is 7.33. The Morgan fingerprint density at radius 2 is 2.00 bits per heavy atom. The lowest BCUT2D eigenvalue weighted by molar-refractivity contribution is -0.122. The summed E-state index contributed by atoms with van der Waals surface area (Å²) in [4.78, 5) is 27.1. The first-order valence-corrected chi connectivity index (χ1v) is 13.6. The van der Waals surface area contributed by atoms with Crippen LogP contribution in [0, 0.1) is 11.7 Å². The second-order valence-electron chi connectivity index (χ2n) is 8.81. The van der Waals surface area contributed by atoms with Gasteiger partial charge in [-0.25, -0.2) is 12.8 Å². The van der Waals surface area contributed by atoms with Crippen molar-refractivity contribution in [1.82, 2.24) is 5.32 Å². The van der Waals surface area contributed by atoms with Gasteiger partial charge in [-0.15, -0.1) is 11.3 Å². The standard InChI is InChI=1S/C23H27FN2O5S2/c1-13-7-8-16-19(11-13)32-23(20(16)22(28)25-15-9-10-33(29,30)12-15)26-21(27)14(2)31-18-6-4-3-5-17(18)24/h3-6,13-15H,7-12H2,1-2H3,(H,25,28)(H,26,27)/t13-,14-,15+/m1/s1. The number of hydrogen-bond acceptors (Lipinski definition) is 6. The molecule has 33 heavy (non-hydrogen) atoms. The zero-order valence-electron chi connectivity index (χ0n) is 18.5. The van der Waals surface area contributed by atoms with E-state index in [4.69, 9.17) is 4.74 Å². The van der Waals surface area contributed by atoms with Crippen molar-refractivity contribution in [2.75, 3.05) is 16.8 Å². The highest BCUT2D eigenvalue weighted by Gasteiger charge is 2.33. The molecule has 1 aromatic heterocycles. The van der Waals surface area contributed by atoms with Crippen LogP contribution in [0.5, 0.6) is 5.75 Å². The Kier molecular flexibility index (Phi) is 6.76. The number of nitrogens with one attached hydrogen (secondary N) is 2. The average Bonchev–Trinajstić information content (AvgIpc) is 3.27. The summed E-state index contributed by atoms with van der Waals surface area (Å²) in [5.41, 5.74) is 1.31. The monoisotopic (exact) mass is 494 g/mol. The van der Waals surface area contributed by atoms with Crippen LogP contribution in [0.15, 0.2) is 24.3 Å². The van der Waals surface area contributed by atoms with Crippen LogP contribution in [0.4, 0.5) is 9.39 Å². The second-order valence-corrected chi connectivity index (χ2v) is 12.1. The van der Waals surface area contributed by atoms with Crippen LogP contribution in [0.3, 0.4) is 0 Å². The summed E-state index contributed by atoms with van der Waals surface area (Å²) in [5, 5.41) is 6.06. The summed E-state index contributed by atoms with van der Waals surface area (Å²) in [6.07, 6.45) is 1.86. The first-order valence-electron chi connectivity index (χ1n) is 11.0. The minimum atomic E-state index is -3.14. The highest BCUT2D eigenvalue weighted by Crippen LogP contribution is 2.40. The molecule has 1 aromatic carbocycles. The molecule has 178 valence electrons. The van der Waals surface area contributed by atoms with E-state index in [-0.39, 0.29) is 23.2 Å². The number of rotatable bonds is 6. The third-order valence-corrected chi connectivity index (χ3v) is 8.99. The lowest BCUT2D eigenvalue weighted by Crippen LogP contribution is -2.37. The molecule has 2 aromatic rings. The van der Waals surface area contributed by atoms with Crippen molar-refractivity contribution in [3.63, 3.8) is 0 Å². The maximum absolute atomic E-state index is 13.9. The van der Waals surface area contributed by atoms with Crippen LogP contribution in [-0.2, 0) is 27.5 Å². The molecule has 7 nitrogen and oxygen atoms in total. The zero-order valence-corrected chi connectivity index (χ0v) is 20.2. The number of halogens is 1. The van der Waals surface area contributed by atoms with Crippen molar-refractivity contribution in [2.45, 2.75) is 51.7 Å². The molecule has 4 rings (SSSR count). The van der Waals surface area contributed by atoms with Crippen molar-refractivity contribution < 1.29 is 27.1 Å². The molecule has 3 atom stereocenters. The maximum atomic E-state index is 13.9. The van der Waals surface area contributed by atoms with Gasteiger partial charge in [0, 0.05) is 10.9 Å². The van der Waals surface area contributed by atoms with Gasteiger partial charge in [0.15, 0.2) is 27.5 Å². The van der Waals surface area contributed by atoms with E-state index in [1.807, 2.05) is 0 Å². The fraction of sp³-hybridized carbons (Fsp3) is 0.478. The molecule has 2 aliphatic rings. The van der Waals surface area contributed by atoms with Crippen molar-refractivity contribution >= 4 is 38.0 Å². The predicted octanol–water partition coefficient (Wildman–Crippen LogP) is 3.33. The third kappa shape index (κ3) is 5.38. The second kappa shape index (κ2) is 9.42. The number of ether oxygens (including phenoxy) is 1. The fourth-order valence-electron chi connectivity index (χ4n) is 4.24. The third-order valence-electron chi connectivity index (χ3n) is 6.05. The number of hydrogen-bond donors (Lipinski definition) is 2. The summed E-state index contributed by atoms with van der Waals surface area (Å²) in [6.45, 7) is 3.66.